The average Bonchev–Trinajstić information content (AvgIpc) is 2.85. The summed E-state index contributed by atoms with van der Waals surface area (Å²) in [5, 5.41) is 7.80. The first-order valence-electron chi connectivity index (χ1n) is 6.90. The van der Waals surface area contributed by atoms with Crippen LogP contribution in [0.15, 0.2) is 24.7 Å². The van der Waals surface area contributed by atoms with Gasteiger partial charge in [0.2, 0.25) is 0 Å². The van der Waals surface area contributed by atoms with Gasteiger partial charge in [0.05, 0.1) is 19.3 Å². The van der Waals surface area contributed by atoms with Gasteiger partial charge in [0.25, 0.3) is 0 Å². The summed E-state index contributed by atoms with van der Waals surface area (Å²) in [5.41, 5.74) is 3.41. The second kappa shape index (κ2) is 6.52. The highest BCUT2D eigenvalue weighted by molar-refractivity contribution is 5.38. The minimum absolute atomic E-state index is 0.0435. The summed E-state index contributed by atoms with van der Waals surface area (Å²) in [6, 6.07) is 2.08. The van der Waals surface area contributed by atoms with Crippen LogP contribution in [0.25, 0.3) is 0 Å². The molecular formula is C15H22N4O. The van der Waals surface area contributed by atoms with Crippen LogP contribution in [-0.2, 0) is 6.54 Å². The highest BCUT2D eigenvalue weighted by Crippen LogP contribution is 2.31. The van der Waals surface area contributed by atoms with Crippen molar-refractivity contribution in [3.8, 4) is 5.75 Å². The van der Waals surface area contributed by atoms with Crippen molar-refractivity contribution in [2.75, 3.05) is 14.2 Å². The first-order chi connectivity index (χ1) is 9.72. The predicted octanol–water partition coefficient (Wildman–Crippen LogP) is 2.31. The Kier molecular flexibility index (Phi) is 4.74. The largest absolute Gasteiger partial charge is 0.493 e. The number of nitrogens with zero attached hydrogens (tertiary/aromatic N) is 3. The van der Waals surface area contributed by atoms with Crippen molar-refractivity contribution >= 4 is 0 Å². The lowest BCUT2D eigenvalue weighted by Crippen LogP contribution is -2.23. The highest BCUT2D eigenvalue weighted by Gasteiger charge is 2.23. The molecule has 0 aliphatic rings. The summed E-state index contributed by atoms with van der Waals surface area (Å²) in [4.78, 5) is 4.16. The molecule has 1 N–H and O–H groups in total. The maximum atomic E-state index is 5.48. The minimum Gasteiger partial charge on any atom is -0.493 e. The monoisotopic (exact) mass is 274 g/mol. The summed E-state index contributed by atoms with van der Waals surface area (Å²) < 4.78 is 7.49. The molecule has 0 fully saturated rings. The number of nitrogens with one attached hydrogen (secondary N) is 1. The van der Waals surface area contributed by atoms with Gasteiger partial charge >= 0.3 is 0 Å². The van der Waals surface area contributed by atoms with Crippen LogP contribution in [0.4, 0.5) is 0 Å². The van der Waals surface area contributed by atoms with Crippen LogP contribution in [0.1, 0.15) is 36.2 Å². The third-order valence-corrected chi connectivity index (χ3v) is 3.44. The Morgan fingerprint density at radius 2 is 2.20 bits per heavy atom. The van der Waals surface area contributed by atoms with Gasteiger partial charge in [-0.05, 0) is 37.6 Å². The van der Waals surface area contributed by atoms with E-state index in [9.17, 15) is 0 Å². The molecule has 1 unspecified atom stereocenters. The van der Waals surface area contributed by atoms with Gasteiger partial charge in [-0.15, -0.1) is 0 Å². The molecule has 1 atom stereocenters. The zero-order valence-electron chi connectivity index (χ0n) is 12.6. The van der Waals surface area contributed by atoms with Gasteiger partial charge in [0, 0.05) is 18.9 Å². The smallest absolute Gasteiger partial charge is 0.161 e. The fourth-order valence-electron chi connectivity index (χ4n) is 2.46. The van der Waals surface area contributed by atoms with Crippen molar-refractivity contribution in [2.45, 2.75) is 32.9 Å². The number of hydrogen-bond acceptors (Lipinski definition) is 4. The molecule has 0 bridgehead atoms. The maximum absolute atomic E-state index is 5.48. The van der Waals surface area contributed by atoms with E-state index in [2.05, 4.69) is 29.2 Å². The first kappa shape index (κ1) is 14.5. The van der Waals surface area contributed by atoms with E-state index >= 15 is 0 Å². The van der Waals surface area contributed by atoms with Crippen molar-refractivity contribution in [2.24, 2.45) is 0 Å². The minimum atomic E-state index is 0.0435. The first-order valence-corrected chi connectivity index (χ1v) is 6.90. The third kappa shape index (κ3) is 2.67. The van der Waals surface area contributed by atoms with Gasteiger partial charge in [-0.1, -0.05) is 6.92 Å². The van der Waals surface area contributed by atoms with Crippen molar-refractivity contribution in [3.05, 3.63) is 41.5 Å². The summed E-state index contributed by atoms with van der Waals surface area (Å²) in [7, 11) is 3.64. The summed E-state index contributed by atoms with van der Waals surface area (Å²) in [6.07, 6.45) is 6.52. The molecule has 0 radical (unpaired) electrons. The molecule has 2 aromatic rings. The van der Waals surface area contributed by atoms with E-state index in [1.807, 2.05) is 30.2 Å². The average molecular weight is 274 g/mol. The van der Waals surface area contributed by atoms with Gasteiger partial charge in [-0.2, -0.15) is 5.10 Å². The molecule has 2 heterocycles. The van der Waals surface area contributed by atoms with Crippen molar-refractivity contribution in [3.63, 3.8) is 0 Å². The van der Waals surface area contributed by atoms with Crippen molar-refractivity contribution in [1.82, 2.24) is 20.1 Å². The Balaban J connectivity index is 2.51. The predicted molar refractivity (Wildman–Crippen MR) is 78.9 cm³/mol. The number of rotatable bonds is 6. The topological polar surface area (TPSA) is 52.0 Å². The Hall–Kier alpha value is -1.88. The zero-order chi connectivity index (χ0) is 14.5. The number of hydrogen-bond donors (Lipinski definition) is 1. The Morgan fingerprint density at radius 3 is 2.80 bits per heavy atom. The SMILES string of the molecule is CCCn1ncc(OC)c1C(NC)c1ccncc1C. The lowest BCUT2D eigenvalue weighted by molar-refractivity contribution is 0.400. The Morgan fingerprint density at radius 1 is 1.40 bits per heavy atom. The second-order valence-electron chi connectivity index (χ2n) is 4.78. The van der Waals surface area contributed by atoms with Crippen LogP contribution in [0.3, 0.4) is 0 Å². The number of aryl methyl sites for hydroxylation is 2. The van der Waals surface area contributed by atoms with Gasteiger partial charge in [-0.25, -0.2) is 0 Å². The molecule has 0 aliphatic heterocycles. The third-order valence-electron chi connectivity index (χ3n) is 3.44. The fraction of sp³-hybridized carbons (Fsp3) is 0.467. The maximum Gasteiger partial charge on any atom is 0.161 e. The van der Waals surface area contributed by atoms with Crippen LogP contribution >= 0.6 is 0 Å². The molecule has 2 aromatic heterocycles. The molecule has 0 saturated carbocycles. The van der Waals surface area contributed by atoms with Crippen LogP contribution in [0.2, 0.25) is 0 Å². The molecule has 5 nitrogen and oxygen atoms in total. The van der Waals surface area contributed by atoms with Crippen LogP contribution in [0.5, 0.6) is 5.75 Å². The number of aromatic nitrogens is 3. The Bertz CT molecular complexity index is 565. The fourth-order valence-corrected chi connectivity index (χ4v) is 2.46. The molecule has 0 amide bonds. The molecule has 0 aliphatic carbocycles. The van der Waals surface area contributed by atoms with E-state index in [0.29, 0.717) is 0 Å². The van der Waals surface area contributed by atoms with Crippen LogP contribution < -0.4 is 10.1 Å². The number of pyridine rings is 1. The normalized spacial score (nSPS) is 12.4. The molecule has 2 rings (SSSR count). The van der Waals surface area contributed by atoms with Crippen molar-refractivity contribution < 1.29 is 4.74 Å². The van der Waals surface area contributed by atoms with Crippen LogP contribution in [-0.4, -0.2) is 28.9 Å². The molecular weight excluding hydrogens is 252 g/mol. The van der Waals surface area contributed by atoms with Gasteiger partial charge < -0.3 is 10.1 Å². The van der Waals surface area contributed by atoms with E-state index < -0.39 is 0 Å². The van der Waals surface area contributed by atoms with Crippen LogP contribution in [0, 0.1) is 6.92 Å². The van der Waals surface area contributed by atoms with Gasteiger partial charge in [0.1, 0.15) is 5.69 Å². The molecule has 5 heteroatoms. The number of ether oxygens (including phenoxy) is 1. The quantitative estimate of drug-likeness (QED) is 0.878. The molecule has 0 aromatic carbocycles. The zero-order valence-corrected chi connectivity index (χ0v) is 12.6. The van der Waals surface area contributed by atoms with Gasteiger partial charge in [0.15, 0.2) is 5.75 Å². The molecule has 108 valence electrons. The van der Waals surface area contributed by atoms with Gasteiger partial charge in [-0.3, -0.25) is 9.67 Å². The summed E-state index contributed by atoms with van der Waals surface area (Å²) >= 11 is 0. The van der Waals surface area contributed by atoms with E-state index in [4.69, 9.17) is 4.74 Å². The lowest BCUT2D eigenvalue weighted by atomic mass is 10.00. The number of methoxy groups -OCH3 is 1. The molecule has 0 saturated heterocycles. The molecule has 0 spiro atoms. The second-order valence-corrected chi connectivity index (χ2v) is 4.78. The van der Waals surface area contributed by atoms with Crippen molar-refractivity contribution in [1.29, 1.82) is 0 Å². The highest BCUT2D eigenvalue weighted by atomic mass is 16.5. The lowest BCUT2D eigenvalue weighted by Gasteiger charge is -2.21. The van der Waals surface area contributed by atoms with E-state index in [0.717, 1.165) is 30.0 Å². The Labute approximate surface area is 120 Å². The van der Waals surface area contributed by atoms with E-state index in [1.54, 1.807) is 13.3 Å². The van der Waals surface area contributed by atoms with E-state index in [-0.39, 0.29) is 6.04 Å². The summed E-state index contributed by atoms with van der Waals surface area (Å²) in [6.45, 7) is 5.09. The standard InChI is InChI=1S/C15H22N4O/c1-5-8-19-15(13(20-4)10-18-19)14(16-3)12-6-7-17-9-11(12)2/h6-7,9-10,14,16H,5,8H2,1-4H3. The van der Waals surface area contributed by atoms with E-state index in [1.165, 1.54) is 5.56 Å². The molecule has 20 heavy (non-hydrogen) atoms. The summed E-state index contributed by atoms with van der Waals surface area (Å²) in [5.74, 6) is 0.814.